The minimum atomic E-state index is 0.833. The van der Waals surface area contributed by atoms with E-state index in [2.05, 4.69) is 22.2 Å². The molecule has 3 nitrogen and oxygen atoms in total. The van der Waals surface area contributed by atoms with Crippen molar-refractivity contribution >= 4 is 0 Å². The fourth-order valence-electron chi connectivity index (χ4n) is 5.54. The van der Waals surface area contributed by atoms with Gasteiger partial charge < -0.3 is 10.2 Å². The van der Waals surface area contributed by atoms with Gasteiger partial charge >= 0.3 is 0 Å². The number of piperidine rings is 2. The smallest absolute Gasteiger partial charge is 0.0213 e. The summed E-state index contributed by atoms with van der Waals surface area (Å²) in [4.78, 5) is 5.27. The van der Waals surface area contributed by atoms with E-state index in [1.54, 1.807) is 6.42 Å². The third-order valence-corrected chi connectivity index (χ3v) is 6.99. The third kappa shape index (κ3) is 3.68. The number of likely N-dealkylation sites (tertiary alicyclic amines) is 1. The van der Waals surface area contributed by atoms with Crippen LogP contribution in [-0.4, -0.2) is 61.7 Å². The van der Waals surface area contributed by atoms with Crippen molar-refractivity contribution in [2.75, 3.05) is 39.8 Å². The van der Waals surface area contributed by atoms with E-state index in [0.29, 0.717) is 0 Å². The van der Waals surface area contributed by atoms with E-state index in [0.717, 1.165) is 29.8 Å². The molecule has 22 heavy (non-hydrogen) atoms. The SMILES string of the molecule is CN1CCC(CC2CCC(CN3CC4CC(C3)N4)CC2)CC1. The zero-order valence-corrected chi connectivity index (χ0v) is 14.5. The minimum absolute atomic E-state index is 0.833. The molecule has 0 aromatic carbocycles. The van der Waals surface area contributed by atoms with Crippen LogP contribution in [0.25, 0.3) is 0 Å². The molecule has 5 fully saturated rings. The Kier molecular flexibility index (Phi) is 4.75. The molecule has 4 saturated heterocycles. The number of piperazine rings is 1. The molecule has 1 N–H and O–H groups in total. The average molecular weight is 306 g/mol. The van der Waals surface area contributed by atoms with Gasteiger partial charge in [0.25, 0.3) is 0 Å². The lowest BCUT2D eigenvalue weighted by molar-refractivity contribution is 0.0563. The Balaban J connectivity index is 1.15. The third-order valence-electron chi connectivity index (χ3n) is 6.99. The van der Waals surface area contributed by atoms with E-state index < -0.39 is 0 Å². The highest BCUT2D eigenvalue weighted by molar-refractivity contribution is 4.98. The van der Waals surface area contributed by atoms with Crippen LogP contribution in [0.1, 0.15) is 51.4 Å². The molecule has 3 heteroatoms. The van der Waals surface area contributed by atoms with Crippen LogP contribution in [0.4, 0.5) is 0 Å². The van der Waals surface area contributed by atoms with Gasteiger partial charge in [0.1, 0.15) is 0 Å². The first-order valence-electron chi connectivity index (χ1n) is 9.91. The van der Waals surface area contributed by atoms with Crippen molar-refractivity contribution in [1.82, 2.24) is 15.1 Å². The first-order chi connectivity index (χ1) is 10.7. The molecule has 0 radical (unpaired) electrons. The van der Waals surface area contributed by atoms with E-state index in [1.807, 2.05) is 0 Å². The molecule has 1 saturated carbocycles. The Morgan fingerprint density at radius 1 is 0.818 bits per heavy atom. The largest absolute Gasteiger partial charge is 0.309 e. The van der Waals surface area contributed by atoms with Gasteiger partial charge in [-0.25, -0.2) is 0 Å². The Morgan fingerprint density at radius 2 is 1.36 bits per heavy atom. The lowest BCUT2D eigenvalue weighted by Crippen LogP contribution is -2.67. The summed E-state index contributed by atoms with van der Waals surface area (Å²) in [5, 5.41) is 3.66. The minimum Gasteiger partial charge on any atom is -0.309 e. The molecular weight excluding hydrogens is 270 g/mol. The van der Waals surface area contributed by atoms with Crippen LogP contribution in [0.15, 0.2) is 0 Å². The van der Waals surface area contributed by atoms with E-state index in [9.17, 15) is 0 Å². The Hall–Kier alpha value is -0.120. The van der Waals surface area contributed by atoms with Crippen LogP contribution < -0.4 is 5.32 Å². The molecule has 4 aliphatic heterocycles. The summed E-state index contributed by atoms with van der Waals surface area (Å²) in [6.45, 7) is 6.73. The molecule has 0 aromatic heterocycles. The fraction of sp³-hybridized carbons (Fsp3) is 1.00. The summed E-state index contributed by atoms with van der Waals surface area (Å²) in [5.41, 5.74) is 0. The molecule has 4 heterocycles. The van der Waals surface area contributed by atoms with Gasteiger partial charge in [0.2, 0.25) is 0 Å². The van der Waals surface area contributed by atoms with Crippen LogP contribution >= 0.6 is 0 Å². The molecule has 1 aliphatic carbocycles. The molecule has 5 aliphatic rings. The Bertz CT molecular complexity index is 340. The van der Waals surface area contributed by atoms with Crippen molar-refractivity contribution in [3.05, 3.63) is 0 Å². The van der Waals surface area contributed by atoms with Gasteiger partial charge in [0, 0.05) is 31.7 Å². The van der Waals surface area contributed by atoms with Gasteiger partial charge in [-0.05, 0) is 76.4 Å². The maximum absolute atomic E-state index is 3.66. The lowest BCUT2D eigenvalue weighted by Gasteiger charge is -2.49. The lowest BCUT2D eigenvalue weighted by atomic mass is 9.76. The average Bonchev–Trinajstić information content (AvgIpc) is 2.51. The molecule has 126 valence electrons. The van der Waals surface area contributed by atoms with E-state index in [4.69, 9.17) is 0 Å². The summed E-state index contributed by atoms with van der Waals surface area (Å²) >= 11 is 0. The number of rotatable bonds is 4. The second-order valence-corrected chi connectivity index (χ2v) is 8.88. The highest BCUT2D eigenvalue weighted by atomic mass is 15.3. The second-order valence-electron chi connectivity index (χ2n) is 8.88. The van der Waals surface area contributed by atoms with Gasteiger partial charge in [-0.2, -0.15) is 0 Å². The first kappa shape index (κ1) is 15.4. The monoisotopic (exact) mass is 305 g/mol. The van der Waals surface area contributed by atoms with Gasteiger partial charge in [-0.3, -0.25) is 4.90 Å². The number of fused-ring (bicyclic) bond motifs is 2. The summed E-state index contributed by atoms with van der Waals surface area (Å²) in [5.74, 6) is 3.10. The zero-order chi connectivity index (χ0) is 14.9. The van der Waals surface area contributed by atoms with Gasteiger partial charge in [0.15, 0.2) is 0 Å². The Labute approximate surface area is 136 Å². The molecule has 2 unspecified atom stereocenters. The quantitative estimate of drug-likeness (QED) is 0.861. The fourth-order valence-corrected chi connectivity index (χ4v) is 5.54. The first-order valence-corrected chi connectivity index (χ1v) is 9.91. The summed E-state index contributed by atoms with van der Waals surface area (Å²) < 4.78 is 0. The van der Waals surface area contributed by atoms with Crippen LogP contribution in [0.2, 0.25) is 0 Å². The van der Waals surface area contributed by atoms with Gasteiger partial charge in [-0.1, -0.05) is 12.8 Å². The number of hydrogen-bond donors (Lipinski definition) is 1. The van der Waals surface area contributed by atoms with Crippen molar-refractivity contribution in [1.29, 1.82) is 0 Å². The summed E-state index contributed by atoms with van der Waals surface area (Å²) in [7, 11) is 2.28. The van der Waals surface area contributed by atoms with Crippen LogP contribution in [-0.2, 0) is 0 Å². The van der Waals surface area contributed by atoms with Crippen molar-refractivity contribution in [2.45, 2.75) is 63.5 Å². The topological polar surface area (TPSA) is 18.5 Å². The van der Waals surface area contributed by atoms with Crippen LogP contribution in [0.3, 0.4) is 0 Å². The molecule has 5 rings (SSSR count). The molecular formula is C19H35N3. The highest BCUT2D eigenvalue weighted by Gasteiger charge is 2.37. The van der Waals surface area contributed by atoms with Gasteiger partial charge in [-0.15, -0.1) is 0 Å². The molecule has 0 spiro atoms. The predicted octanol–water partition coefficient (Wildman–Crippen LogP) is 2.57. The van der Waals surface area contributed by atoms with Crippen molar-refractivity contribution in [3.8, 4) is 0 Å². The molecule has 0 amide bonds. The number of nitrogens with zero attached hydrogens (tertiary/aromatic N) is 2. The maximum atomic E-state index is 3.66. The molecule has 2 bridgehead atoms. The van der Waals surface area contributed by atoms with E-state index in [-0.39, 0.29) is 0 Å². The van der Waals surface area contributed by atoms with Crippen molar-refractivity contribution in [3.63, 3.8) is 0 Å². The number of nitrogens with one attached hydrogen (secondary N) is 1. The molecule has 0 aromatic rings. The van der Waals surface area contributed by atoms with Crippen molar-refractivity contribution < 1.29 is 0 Å². The van der Waals surface area contributed by atoms with E-state index >= 15 is 0 Å². The second kappa shape index (κ2) is 6.78. The standard InChI is InChI=1S/C19H35N3/c1-21-8-6-16(7-9-21)10-15-2-4-17(5-3-15)12-22-13-18-11-19(14-22)20-18/h15-20H,2-14H2,1H3. The Morgan fingerprint density at radius 3 is 2.00 bits per heavy atom. The summed E-state index contributed by atoms with van der Waals surface area (Å²) in [6, 6.07) is 1.67. The maximum Gasteiger partial charge on any atom is 0.0213 e. The molecule has 2 atom stereocenters. The van der Waals surface area contributed by atoms with Crippen LogP contribution in [0, 0.1) is 17.8 Å². The van der Waals surface area contributed by atoms with Crippen LogP contribution in [0.5, 0.6) is 0 Å². The highest BCUT2D eigenvalue weighted by Crippen LogP contribution is 2.36. The summed E-state index contributed by atoms with van der Waals surface area (Å²) in [6.07, 6.45) is 12.0. The van der Waals surface area contributed by atoms with Crippen molar-refractivity contribution in [2.24, 2.45) is 17.8 Å². The van der Waals surface area contributed by atoms with E-state index in [1.165, 1.54) is 77.7 Å². The predicted molar refractivity (Wildman–Crippen MR) is 92.1 cm³/mol. The normalized spacial score (nSPS) is 41.3. The van der Waals surface area contributed by atoms with Gasteiger partial charge in [0.05, 0.1) is 0 Å². The zero-order valence-electron chi connectivity index (χ0n) is 14.5. The number of hydrogen-bond acceptors (Lipinski definition) is 3.